The first kappa shape index (κ1) is 18.4. The normalized spacial score (nSPS) is 26.5. The van der Waals surface area contributed by atoms with Gasteiger partial charge in [0.1, 0.15) is 0 Å². The fourth-order valence-electron chi connectivity index (χ4n) is 3.38. The van der Waals surface area contributed by atoms with E-state index in [0.29, 0.717) is 17.6 Å². The first-order valence-electron chi connectivity index (χ1n) is 8.76. The van der Waals surface area contributed by atoms with Gasteiger partial charge in [-0.1, -0.05) is 19.3 Å². The van der Waals surface area contributed by atoms with Gasteiger partial charge >= 0.3 is 0 Å². The molecule has 1 saturated carbocycles. The maximum Gasteiger partial charge on any atom is 0.239 e. The number of morpholine rings is 1. The van der Waals surface area contributed by atoms with Crippen LogP contribution in [-0.2, 0) is 9.53 Å². The number of carbonyl (C=O) groups excluding carboxylic acids is 1. The molecule has 1 amide bonds. The SMILES string of the molecule is C[C@@H]1CN(CCC(=O)NNC(=S)NC2CCCCC2)C[C@H](C)O1. The Bertz CT molecular complexity index is 392. The van der Waals surface area contributed by atoms with Gasteiger partial charge in [-0.05, 0) is 38.9 Å². The molecule has 1 aliphatic carbocycles. The smallest absolute Gasteiger partial charge is 0.239 e. The zero-order valence-corrected chi connectivity index (χ0v) is 15.1. The Morgan fingerprint density at radius 3 is 2.43 bits per heavy atom. The first-order chi connectivity index (χ1) is 11.0. The average Bonchev–Trinajstić information content (AvgIpc) is 2.51. The van der Waals surface area contributed by atoms with Crippen LogP contribution >= 0.6 is 12.2 Å². The number of nitrogens with one attached hydrogen (secondary N) is 3. The van der Waals surface area contributed by atoms with Gasteiger partial charge in [-0.3, -0.25) is 20.5 Å². The van der Waals surface area contributed by atoms with Crippen LogP contribution < -0.4 is 16.2 Å². The summed E-state index contributed by atoms with van der Waals surface area (Å²) in [6.07, 6.45) is 7.05. The van der Waals surface area contributed by atoms with Crippen LogP contribution in [0.4, 0.5) is 0 Å². The summed E-state index contributed by atoms with van der Waals surface area (Å²) >= 11 is 5.23. The molecule has 1 heterocycles. The van der Waals surface area contributed by atoms with Gasteiger partial charge in [0.15, 0.2) is 5.11 Å². The lowest BCUT2D eigenvalue weighted by Crippen LogP contribution is -2.51. The Balaban J connectivity index is 1.58. The van der Waals surface area contributed by atoms with Crippen molar-refractivity contribution in [1.29, 1.82) is 0 Å². The molecule has 0 spiro atoms. The number of hydrogen-bond acceptors (Lipinski definition) is 4. The molecule has 2 fully saturated rings. The lowest BCUT2D eigenvalue weighted by Gasteiger charge is -2.35. The molecule has 0 bridgehead atoms. The molecule has 0 unspecified atom stereocenters. The largest absolute Gasteiger partial charge is 0.373 e. The maximum atomic E-state index is 11.9. The Morgan fingerprint density at radius 1 is 1.13 bits per heavy atom. The third kappa shape index (κ3) is 7.01. The third-order valence-corrected chi connectivity index (χ3v) is 4.63. The number of nitrogens with zero attached hydrogens (tertiary/aromatic N) is 1. The quantitative estimate of drug-likeness (QED) is 0.529. The Morgan fingerprint density at radius 2 is 1.78 bits per heavy atom. The van der Waals surface area contributed by atoms with Crippen molar-refractivity contribution in [3.63, 3.8) is 0 Å². The van der Waals surface area contributed by atoms with E-state index in [1.165, 1.54) is 19.3 Å². The van der Waals surface area contributed by atoms with E-state index < -0.39 is 0 Å². The second kappa shape index (κ2) is 9.39. The molecule has 7 heteroatoms. The Labute approximate surface area is 144 Å². The summed E-state index contributed by atoms with van der Waals surface area (Å²) in [6.45, 7) is 6.65. The number of amides is 1. The average molecular weight is 343 g/mol. The van der Waals surface area contributed by atoms with Gasteiger partial charge in [0.05, 0.1) is 12.2 Å². The van der Waals surface area contributed by atoms with Gasteiger partial charge in [-0.15, -0.1) is 0 Å². The standard InChI is InChI=1S/C16H30N4O2S/c1-12-10-20(11-13(2)22-12)9-8-15(21)18-19-16(23)17-14-6-4-3-5-7-14/h12-14H,3-11H2,1-2H3,(H,18,21)(H2,17,19,23)/t12-,13+. The molecule has 0 aromatic rings. The molecule has 132 valence electrons. The number of rotatable bonds is 4. The van der Waals surface area contributed by atoms with E-state index in [2.05, 4.69) is 34.9 Å². The molecule has 2 atom stereocenters. The summed E-state index contributed by atoms with van der Waals surface area (Å²) in [5.74, 6) is -0.0374. The molecular formula is C16H30N4O2S. The number of hydrogen-bond donors (Lipinski definition) is 3. The summed E-state index contributed by atoms with van der Waals surface area (Å²) in [5, 5.41) is 3.78. The number of hydrazine groups is 1. The lowest BCUT2D eigenvalue weighted by atomic mass is 9.96. The summed E-state index contributed by atoms with van der Waals surface area (Å²) in [6, 6.07) is 0.442. The van der Waals surface area contributed by atoms with E-state index in [-0.39, 0.29) is 18.1 Å². The molecule has 2 rings (SSSR count). The number of thiocarbonyl (C=S) groups is 1. The molecule has 6 nitrogen and oxygen atoms in total. The number of carbonyl (C=O) groups is 1. The Hall–Kier alpha value is -0.920. The highest BCUT2D eigenvalue weighted by Gasteiger charge is 2.22. The second-order valence-corrected chi connectivity index (χ2v) is 7.16. The molecule has 0 radical (unpaired) electrons. The fourth-order valence-corrected chi connectivity index (χ4v) is 3.60. The molecule has 23 heavy (non-hydrogen) atoms. The van der Waals surface area contributed by atoms with Crippen molar-refractivity contribution in [2.45, 2.75) is 70.6 Å². The van der Waals surface area contributed by atoms with Crippen LogP contribution in [0.15, 0.2) is 0 Å². The van der Waals surface area contributed by atoms with Crippen molar-refractivity contribution in [1.82, 2.24) is 21.1 Å². The van der Waals surface area contributed by atoms with Gasteiger partial charge in [0.25, 0.3) is 0 Å². The van der Waals surface area contributed by atoms with Crippen molar-refractivity contribution in [2.75, 3.05) is 19.6 Å². The van der Waals surface area contributed by atoms with Crippen LogP contribution in [0.1, 0.15) is 52.4 Å². The Kier molecular flexibility index (Phi) is 7.52. The number of ether oxygens (including phenoxy) is 1. The van der Waals surface area contributed by atoms with Crippen molar-refractivity contribution < 1.29 is 9.53 Å². The van der Waals surface area contributed by atoms with Crippen LogP contribution in [0.2, 0.25) is 0 Å². The first-order valence-corrected chi connectivity index (χ1v) is 9.17. The molecule has 1 saturated heterocycles. The maximum absolute atomic E-state index is 11.9. The zero-order valence-electron chi connectivity index (χ0n) is 14.3. The van der Waals surface area contributed by atoms with E-state index >= 15 is 0 Å². The molecule has 0 aromatic heterocycles. The fraction of sp³-hybridized carbons (Fsp3) is 0.875. The minimum absolute atomic E-state index is 0.0374. The predicted molar refractivity (Wildman–Crippen MR) is 95.0 cm³/mol. The third-order valence-electron chi connectivity index (χ3n) is 4.41. The van der Waals surface area contributed by atoms with E-state index in [1.807, 2.05) is 0 Å². The highest BCUT2D eigenvalue weighted by Crippen LogP contribution is 2.17. The molecule has 3 N–H and O–H groups in total. The van der Waals surface area contributed by atoms with Gasteiger partial charge < -0.3 is 10.1 Å². The van der Waals surface area contributed by atoms with Gasteiger partial charge in [0, 0.05) is 32.1 Å². The van der Waals surface area contributed by atoms with Crippen LogP contribution in [0.5, 0.6) is 0 Å². The van der Waals surface area contributed by atoms with Crippen LogP contribution in [-0.4, -0.2) is 53.8 Å². The molecule has 0 aromatic carbocycles. The topological polar surface area (TPSA) is 65.6 Å². The highest BCUT2D eigenvalue weighted by molar-refractivity contribution is 7.80. The van der Waals surface area contributed by atoms with Crippen LogP contribution in [0, 0.1) is 0 Å². The van der Waals surface area contributed by atoms with E-state index in [9.17, 15) is 4.79 Å². The van der Waals surface area contributed by atoms with Gasteiger partial charge in [-0.25, -0.2) is 0 Å². The van der Waals surface area contributed by atoms with Crippen molar-refractivity contribution in [2.24, 2.45) is 0 Å². The summed E-state index contributed by atoms with van der Waals surface area (Å²) in [7, 11) is 0. The molecular weight excluding hydrogens is 312 g/mol. The van der Waals surface area contributed by atoms with E-state index in [0.717, 1.165) is 32.5 Å². The lowest BCUT2D eigenvalue weighted by molar-refractivity contribution is -0.123. The van der Waals surface area contributed by atoms with Gasteiger partial charge in [0.2, 0.25) is 5.91 Å². The highest BCUT2D eigenvalue weighted by atomic mass is 32.1. The minimum Gasteiger partial charge on any atom is -0.373 e. The minimum atomic E-state index is -0.0374. The molecule has 1 aliphatic heterocycles. The van der Waals surface area contributed by atoms with Crippen molar-refractivity contribution in [3.8, 4) is 0 Å². The second-order valence-electron chi connectivity index (χ2n) is 6.75. The predicted octanol–water partition coefficient (Wildman–Crippen LogP) is 1.31. The molecule has 2 aliphatic rings. The van der Waals surface area contributed by atoms with Crippen LogP contribution in [0.3, 0.4) is 0 Å². The summed E-state index contributed by atoms with van der Waals surface area (Å²) < 4.78 is 5.69. The van der Waals surface area contributed by atoms with E-state index in [4.69, 9.17) is 17.0 Å². The van der Waals surface area contributed by atoms with Crippen LogP contribution in [0.25, 0.3) is 0 Å². The van der Waals surface area contributed by atoms with Crippen molar-refractivity contribution in [3.05, 3.63) is 0 Å². The van der Waals surface area contributed by atoms with Crippen molar-refractivity contribution >= 4 is 23.2 Å². The summed E-state index contributed by atoms with van der Waals surface area (Å²) in [5.41, 5.74) is 5.50. The van der Waals surface area contributed by atoms with E-state index in [1.54, 1.807) is 0 Å². The monoisotopic (exact) mass is 342 g/mol. The zero-order chi connectivity index (χ0) is 16.7. The van der Waals surface area contributed by atoms with Gasteiger partial charge in [-0.2, -0.15) is 0 Å². The summed E-state index contributed by atoms with van der Waals surface area (Å²) in [4.78, 5) is 14.2.